The third-order valence-corrected chi connectivity index (χ3v) is 7.56. The van der Waals surface area contributed by atoms with Crippen molar-refractivity contribution in [1.29, 1.82) is 0 Å². The van der Waals surface area contributed by atoms with Gasteiger partial charge >= 0.3 is 0 Å². The van der Waals surface area contributed by atoms with Crippen LogP contribution in [0.1, 0.15) is 12.8 Å². The molecule has 0 unspecified atom stereocenters. The molecular weight excluding hydrogens is 391 g/mol. The van der Waals surface area contributed by atoms with E-state index in [1.165, 1.54) is 48.5 Å². The number of rotatable bonds is 7. The summed E-state index contributed by atoms with van der Waals surface area (Å²) in [6.45, 7) is 0. The van der Waals surface area contributed by atoms with Gasteiger partial charge in [-0.2, -0.15) is 0 Å². The van der Waals surface area contributed by atoms with E-state index in [1.807, 2.05) is 0 Å². The lowest BCUT2D eigenvalue weighted by Gasteiger charge is -2.06. The summed E-state index contributed by atoms with van der Waals surface area (Å²) >= 11 is 11.5. The van der Waals surface area contributed by atoms with E-state index in [-0.39, 0.29) is 34.1 Å². The Morgan fingerprint density at radius 3 is 1.17 bits per heavy atom. The number of halogens is 2. The van der Waals surface area contributed by atoms with Gasteiger partial charge in [0.1, 0.15) is 0 Å². The van der Waals surface area contributed by atoms with Crippen LogP contribution in [0, 0.1) is 0 Å². The smallest absolute Gasteiger partial charge is 0.178 e. The summed E-state index contributed by atoms with van der Waals surface area (Å²) in [5.74, 6) is -0.213. The molecule has 0 heterocycles. The Morgan fingerprint density at radius 2 is 0.875 bits per heavy atom. The molecule has 0 saturated heterocycles. The molecule has 0 bridgehead atoms. The van der Waals surface area contributed by atoms with Crippen LogP contribution in [0.25, 0.3) is 0 Å². The van der Waals surface area contributed by atoms with Crippen molar-refractivity contribution in [1.82, 2.24) is 0 Å². The van der Waals surface area contributed by atoms with E-state index in [2.05, 4.69) is 0 Å². The minimum atomic E-state index is -3.44. The molecule has 2 rings (SSSR count). The van der Waals surface area contributed by atoms with Gasteiger partial charge in [-0.3, -0.25) is 0 Å². The van der Waals surface area contributed by atoms with Crippen molar-refractivity contribution >= 4 is 42.9 Å². The first kappa shape index (κ1) is 19.2. The minimum Gasteiger partial charge on any atom is -0.224 e. The largest absolute Gasteiger partial charge is 0.224 e. The number of benzene rings is 2. The Hall–Kier alpha value is -1.08. The van der Waals surface area contributed by atoms with Gasteiger partial charge in [0, 0.05) is 10.0 Å². The molecule has 0 atom stereocenters. The zero-order chi connectivity index (χ0) is 17.8. The summed E-state index contributed by atoms with van der Waals surface area (Å²) < 4.78 is 48.7. The lowest BCUT2D eigenvalue weighted by Crippen LogP contribution is -2.11. The monoisotopic (exact) mass is 406 g/mol. The average molecular weight is 407 g/mol. The maximum Gasteiger partial charge on any atom is 0.178 e. The summed E-state index contributed by atoms with van der Waals surface area (Å²) in [6.07, 6.45) is 0.523. The predicted octanol–water partition coefficient (Wildman–Crippen LogP) is 4.02. The fourth-order valence-electron chi connectivity index (χ4n) is 2.10. The van der Waals surface area contributed by atoms with Crippen molar-refractivity contribution in [2.75, 3.05) is 11.5 Å². The van der Waals surface area contributed by atoms with Crippen molar-refractivity contribution < 1.29 is 16.8 Å². The van der Waals surface area contributed by atoms with Crippen LogP contribution in [0.3, 0.4) is 0 Å². The molecule has 24 heavy (non-hydrogen) atoms. The van der Waals surface area contributed by atoms with E-state index in [0.29, 0.717) is 10.0 Å². The third kappa shape index (κ3) is 5.21. The second-order valence-corrected chi connectivity index (χ2v) is 10.3. The molecule has 0 fully saturated rings. The zero-order valence-electron chi connectivity index (χ0n) is 12.7. The first-order valence-corrected chi connectivity index (χ1v) is 11.2. The molecular formula is C16H16Cl2O4S2. The van der Waals surface area contributed by atoms with Crippen molar-refractivity contribution in [3.8, 4) is 0 Å². The number of sulfone groups is 2. The molecule has 0 saturated carbocycles. The summed E-state index contributed by atoms with van der Waals surface area (Å²) in [7, 11) is -6.87. The quantitative estimate of drug-likeness (QED) is 0.650. The number of unbranched alkanes of at least 4 members (excludes halogenated alkanes) is 1. The molecule has 4 nitrogen and oxygen atoms in total. The van der Waals surface area contributed by atoms with E-state index < -0.39 is 19.7 Å². The third-order valence-electron chi connectivity index (χ3n) is 3.42. The lowest BCUT2D eigenvalue weighted by atomic mass is 10.4. The minimum absolute atomic E-state index is 0.106. The van der Waals surface area contributed by atoms with Crippen LogP contribution < -0.4 is 0 Å². The highest BCUT2D eigenvalue weighted by Crippen LogP contribution is 2.19. The summed E-state index contributed by atoms with van der Waals surface area (Å²) in [4.78, 5) is 0.375. The Balaban J connectivity index is 1.92. The fourth-order valence-corrected chi connectivity index (χ4v) is 5.10. The second kappa shape index (κ2) is 7.87. The first-order chi connectivity index (χ1) is 11.2. The highest BCUT2D eigenvalue weighted by atomic mass is 35.5. The standard InChI is InChI=1S/C16H16Cl2O4S2/c17-13-3-7-15(8-4-13)23(19,20)11-1-2-12-24(21,22)16-9-5-14(18)6-10-16/h3-10H,1-2,11-12H2. The topological polar surface area (TPSA) is 68.3 Å². The van der Waals surface area contributed by atoms with E-state index >= 15 is 0 Å². The Morgan fingerprint density at radius 1 is 0.583 bits per heavy atom. The summed E-state index contributed by atoms with van der Waals surface area (Å²) in [6, 6.07) is 11.8. The zero-order valence-corrected chi connectivity index (χ0v) is 15.8. The van der Waals surface area contributed by atoms with Crippen molar-refractivity contribution in [3.63, 3.8) is 0 Å². The molecule has 0 aliphatic rings. The summed E-state index contributed by atoms with van der Waals surface area (Å²) in [5.41, 5.74) is 0. The van der Waals surface area contributed by atoms with Gasteiger partial charge in [0.15, 0.2) is 19.7 Å². The van der Waals surface area contributed by atoms with E-state index in [1.54, 1.807) is 0 Å². The fraction of sp³-hybridized carbons (Fsp3) is 0.250. The Kier molecular flexibility index (Phi) is 6.31. The van der Waals surface area contributed by atoms with Crippen molar-refractivity contribution in [2.45, 2.75) is 22.6 Å². The van der Waals surface area contributed by atoms with Crippen LogP contribution >= 0.6 is 23.2 Å². The van der Waals surface area contributed by atoms with Gasteiger partial charge in [0.25, 0.3) is 0 Å². The molecule has 0 aromatic heterocycles. The van der Waals surface area contributed by atoms with Gasteiger partial charge in [-0.25, -0.2) is 16.8 Å². The maximum atomic E-state index is 12.2. The normalized spacial score (nSPS) is 12.2. The van der Waals surface area contributed by atoms with Gasteiger partial charge in [0.2, 0.25) is 0 Å². The molecule has 0 aliphatic heterocycles. The molecule has 2 aromatic rings. The van der Waals surface area contributed by atoms with Crippen LogP contribution in [0.4, 0.5) is 0 Å². The number of hydrogen-bond acceptors (Lipinski definition) is 4. The van der Waals surface area contributed by atoms with E-state index in [0.717, 1.165) is 0 Å². The Bertz CT molecular complexity index is 811. The van der Waals surface area contributed by atoms with Gasteiger partial charge in [0.05, 0.1) is 21.3 Å². The highest BCUT2D eigenvalue weighted by molar-refractivity contribution is 7.91. The van der Waals surface area contributed by atoms with Crippen LogP contribution in [0.5, 0.6) is 0 Å². The first-order valence-electron chi connectivity index (χ1n) is 7.17. The molecule has 0 amide bonds. The summed E-state index contributed by atoms with van der Waals surface area (Å²) in [5, 5.41) is 0.922. The average Bonchev–Trinajstić information content (AvgIpc) is 2.52. The van der Waals surface area contributed by atoms with Crippen LogP contribution in [0.2, 0.25) is 10.0 Å². The van der Waals surface area contributed by atoms with Crippen LogP contribution in [-0.2, 0) is 19.7 Å². The molecule has 0 radical (unpaired) electrons. The van der Waals surface area contributed by atoms with E-state index in [4.69, 9.17) is 23.2 Å². The molecule has 2 aromatic carbocycles. The van der Waals surface area contributed by atoms with E-state index in [9.17, 15) is 16.8 Å². The molecule has 130 valence electrons. The maximum absolute atomic E-state index is 12.2. The lowest BCUT2D eigenvalue weighted by molar-refractivity contribution is 0.585. The SMILES string of the molecule is O=S(=O)(CCCCS(=O)(=O)c1ccc(Cl)cc1)c1ccc(Cl)cc1. The molecule has 0 N–H and O–H groups in total. The van der Waals surface area contributed by atoms with Gasteiger partial charge in [-0.05, 0) is 61.4 Å². The van der Waals surface area contributed by atoms with Crippen molar-refractivity contribution in [2.24, 2.45) is 0 Å². The molecule has 0 spiro atoms. The van der Waals surface area contributed by atoms with Crippen LogP contribution in [-0.4, -0.2) is 28.3 Å². The van der Waals surface area contributed by atoms with Gasteiger partial charge in [-0.15, -0.1) is 0 Å². The highest BCUT2D eigenvalue weighted by Gasteiger charge is 2.17. The van der Waals surface area contributed by atoms with Crippen molar-refractivity contribution in [3.05, 3.63) is 58.6 Å². The van der Waals surface area contributed by atoms with Gasteiger partial charge in [-0.1, -0.05) is 23.2 Å². The Labute approximate surface area is 152 Å². The number of hydrogen-bond donors (Lipinski definition) is 0. The second-order valence-electron chi connectivity index (χ2n) is 5.25. The molecule has 8 heteroatoms. The van der Waals surface area contributed by atoms with Gasteiger partial charge < -0.3 is 0 Å². The molecule has 0 aliphatic carbocycles. The van der Waals surface area contributed by atoms with Crippen LogP contribution in [0.15, 0.2) is 58.3 Å². The predicted molar refractivity (Wildman–Crippen MR) is 96.2 cm³/mol.